The molecular weight excluding hydrogens is 295 g/mol. The van der Waals surface area contributed by atoms with Gasteiger partial charge in [-0.2, -0.15) is 18.3 Å². The molecule has 0 fully saturated rings. The minimum atomic E-state index is -4.33. The van der Waals surface area contributed by atoms with Gasteiger partial charge in [-0.05, 0) is 17.7 Å². The van der Waals surface area contributed by atoms with E-state index in [0.29, 0.717) is 12.1 Å². The molecule has 0 aliphatic carbocycles. The molecule has 0 bridgehead atoms. The first-order chi connectivity index (χ1) is 10.3. The number of nitrogens with two attached hydrogens (primary N) is 1. The van der Waals surface area contributed by atoms with Gasteiger partial charge in [0.2, 0.25) is 5.91 Å². The first-order valence-electron chi connectivity index (χ1n) is 6.51. The summed E-state index contributed by atoms with van der Waals surface area (Å²) in [6.45, 7) is 0.392. The van der Waals surface area contributed by atoms with Crippen LogP contribution >= 0.6 is 0 Å². The number of rotatable bonds is 5. The molecule has 7 heteroatoms. The van der Waals surface area contributed by atoms with Gasteiger partial charge in [0.1, 0.15) is 0 Å². The number of hydrogen-bond acceptors (Lipinski definition) is 2. The molecule has 0 atom stereocenters. The lowest BCUT2D eigenvalue weighted by atomic mass is 10.1. The van der Waals surface area contributed by atoms with Crippen molar-refractivity contribution < 1.29 is 18.0 Å². The molecule has 0 unspecified atom stereocenters. The van der Waals surface area contributed by atoms with Gasteiger partial charge in [-0.1, -0.05) is 24.3 Å². The number of amides is 1. The Morgan fingerprint density at radius 3 is 2.41 bits per heavy atom. The van der Waals surface area contributed by atoms with Gasteiger partial charge in [0.05, 0.1) is 11.8 Å². The lowest BCUT2D eigenvalue weighted by Crippen LogP contribution is -2.13. The Morgan fingerprint density at radius 1 is 1.18 bits per heavy atom. The number of carbonyl (C=O) groups excluding carboxylic acids is 1. The number of nitrogens with zero attached hydrogens (tertiary/aromatic N) is 2. The maximum absolute atomic E-state index is 12.4. The maximum Gasteiger partial charge on any atom is 0.416 e. The van der Waals surface area contributed by atoms with E-state index in [-0.39, 0.29) is 6.42 Å². The fourth-order valence-electron chi connectivity index (χ4n) is 1.79. The van der Waals surface area contributed by atoms with Crippen LogP contribution in [-0.4, -0.2) is 15.7 Å². The summed E-state index contributed by atoms with van der Waals surface area (Å²) in [5.41, 5.74) is 5.81. The number of halogens is 3. The third kappa shape index (κ3) is 4.47. The van der Waals surface area contributed by atoms with Crippen molar-refractivity contribution in [3.63, 3.8) is 0 Å². The van der Waals surface area contributed by atoms with Crippen molar-refractivity contribution in [2.45, 2.75) is 19.1 Å². The molecule has 1 aromatic heterocycles. The lowest BCUT2D eigenvalue weighted by molar-refractivity contribution is -0.137. The lowest BCUT2D eigenvalue weighted by Gasteiger charge is -2.05. The molecule has 1 amide bonds. The van der Waals surface area contributed by atoms with Crippen LogP contribution in [0.4, 0.5) is 13.2 Å². The van der Waals surface area contributed by atoms with Crippen LogP contribution < -0.4 is 5.73 Å². The molecule has 4 nitrogen and oxygen atoms in total. The average molecular weight is 309 g/mol. The van der Waals surface area contributed by atoms with Crippen LogP contribution in [0.15, 0.2) is 36.7 Å². The Bertz CT molecular complexity index is 672. The molecule has 2 N–H and O–H groups in total. The van der Waals surface area contributed by atoms with Crippen LogP contribution in [0.25, 0.3) is 12.2 Å². The molecule has 116 valence electrons. The predicted octanol–water partition coefficient (Wildman–Crippen LogP) is 2.95. The Kier molecular flexibility index (Phi) is 4.65. The van der Waals surface area contributed by atoms with E-state index in [9.17, 15) is 18.0 Å². The number of aromatic nitrogens is 2. The van der Waals surface area contributed by atoms with E-state index >= 15 is 0 Å². The molecule has 0 spiro atoms. The van der Waals surface area contributed by atoms with E-state index < -0.39 is 17.6 Å². The molecule has 0 radical (unpaired) electrons. The normalized spacial score (nSPS) is 12.0. The average Bonchev–Trinajstić information content (AvgIpc) is 2.90. The van der Waals surface area contributed by atoms with Gasteiger partial charge < -0.3 is 5.73 Å². The van der Waals surface area contributed by atoms with Crippen LogP contribution in [0.1, 0.15) is 23.1 Å². The van der Waals surface area contributed by atoms with Crippen LogP contribution in [-0.2, 0) is 17.5 Å². The first kappa shape index (κ1) is 15.8. The number of aryl methyl sites for hydroxylation is 1. The van der Waals surface area contributed by atoms with E-state index in [1.807, 2.05) is 0 Å². The van der Waals surface area contributed by atoms with Crippen molar-refractivity contribution in [1.29, 1.82) is 0 Å². The molecule has 1 aromatic carbocycles. The Balaban J connectivity index is 2.01. The topological polar surface area (TPSA) is 60.9 Å². The summed E-state index contributed by atoms with van der Waals surface area (Å²) in [7, 11) is 0. The number of alkyl halides is 3. The third-order valence-corrected chi connectivity index (χ3v) is 2.95. The van der Waals surface area contributed by atoms with E-state index in [1.165, 1.54) is 12.1 Å². The SMILES string of the molecule is NC(=O)CCn1cc(/C=C/c2ccc(C(F)(F)F)cc2)cn1. The van der Waals surface area contributed by atoms with Gasteiger partial charge in [-0.3, -0.25) is 9.48 Å². The van der Waals surface area contributed by atoms with Crippen molar-refractivity contribution in [3.05, 3.63) is 53.3 Å². The summed E-state index contributed by atoms with van der Waals surface area (Å²) in [5, 5.41) is 4.06. The molecule has 0 saturated heterocycles. The summed E-state index contributed by atoms with van der Waals surface area (Å²) in [5.74, 6) is -0.405. The summed E-state index contributed by atoms with van der Waals surface area (Å²) < 4.78 is 38.9. The van der Waals surface area contributed by atoms with Crippen molar-refractivity contribution in [2.24, 2.45) is 5.73 Å². The molecule has 0 saturated carbocycles. The first-order valence-corrected chi connectivity index (χ1v) is 6.51. The Hall–Kier alpha value is -2.57. The second-order valence-electron chi connectivity index (χ2n) is 4.71. The van der Waals surface area contributed by atoms with Crippen LogP contribution in [0.5, 0.6) is 0 Å². The van der Waals surface area contributed by atoms with Gasteiger partial charge in [0.15, 0.2) is 0 Å². The maximum atomic E-state index is 12.4. The molecule has 2 aromatic rings. The van der Waals surface area contributed by atoms with Gasteiger partial charge in [0, 0.05) is 24.7 Å². The fraction of sp³-hybridized carbons (Fsp3) is 0.200. The zero-order chi connectivity index (χ0) is 16.2. The zero-order valence-corrected chi connectivity index (χ0v) is 11.5. The predicted molar refractivity (Wildman–Crippen MR) is 76.4 cm³/mol. The summed E-state index contributed by atoms with van der Waals surface area (Å²) in [6.07, 6.45) is 2.62. The smallest absolute Gasteiger partial charge is 0.370 e. The van der Waals surface area contributed by atoms with Gasteiger partial charge >= 0.3 is 6.18 Å². The van der Waals surface area contributed by atoms with Crippen molar-refractivity contribution >= 4 is 18.1 Å². The molecular formula is C15H14F3N3O. The van der Waals surface area contributed by atoms with E-state index in [2.05, 4.69) is 5.10 Å². The van der Waals surface area contributed by atoms with Crippen molar-refractivity contribution in [3.8, 4) is 0 Å². The second kappa shape index (κ2) is 6.46. The number of hydrogen-bond donors (Lipinski definition) is 1. The summed E-state index contributed by atoms with van der Waals surface area (Å²) in [6, 6.07) is 4.87. The standard InChI is InChI=1S/C15H14F3N3O/c16-15(17,18)13-5-3-11(4-6-13)1-2-12-9-20-21(10-12)8-7-14(19)22/h1-6,9-10H,7-8H2,(H2,19,22)/b2-1+. The van der Waals surface area contributed by atoms with Crippen LogP contribution in [0.2, 0.25) is 0 Å². The van der Waals surface area contributed by atoms with Gasteiger partial charge in [-0.15, -0.1) is 0 Å². The highest BCUT2D eigenvalue weighted by Gasteiger charge is 2.29. The van der Waals surface area contributed by atoms with Crippen molar-refractivity contribution in [2.75, 3.05) is 0 Å². The molecule has 2 rings (SSSR count). The largest absolute Gasteiger partial charge is 0.416 e. The van der Waals surface area contributed by atoms with E-state index in [4.69, 9.17) is 5.73 Å². The highest BCUT2D eigenvalue weighted by atomic mass is 19.4. The summed E-state index contributed by atoms with van der Waals surface area (Å²) in [4.78, 5) is 10.7. The van der Waals surface area contributed by atoms with Gasteiger partial charge in [0.25, 0.3) is 0 Å². The molecule has 1 heterocycles. The van der Waals surface area contributed by atoms with Crippen molar-refractivity contribution in [1.82, 2.24) is 9.78 Å². The minimum absolute atomic E-state index is 0.198. The molecule has 0 aliphatic rings. The molecule has 22 heavy (non-hydrogen) atoms. The number of benzene rings is 1. The Morgan fingerprint density at radius 2 is 1.82 bits per heavy atom. The van der Waals surface area contributed by atoms with E-state index in [1.54, 1.807) is 29.2 Å². The minimum Gasteiger partial charge on any atom is -0.370 e. The van der Waals surface area contributed by atoms with E-state index in [0.717, 1.165) is 17.7 Å². The van der Waals surface area contributed by atoms with Crippen LogP contribution in [0.3, 0.4) is 0 Å². The molecule has 0 aliphatic heterocycles. The number of carbonyl (C=O) groups is 1. The second-order valence-corrected chi connectivity index (χ2v) is 4.71. The number of primary amides is 1. The zero-order valence-electron chi connectivity index (χ0n) is 11.5. The van der Waals surface area contributed by atoms with Crippen LogP contribution in [0, 0.1) is 0 Å². The quantitative estimate of drug-likeness (QED) is 0.923. The monoisotopic (exact) mass is 309 g/mol. The summed E-state index contributed by atoms with van der Waals surface area (Å²) >= 11 is 0. The fourth-order valence-corrected chi connectivity index (χ4v) is 1.79. The van der Waals surface area contributed by atoms with Gasteiger partial charge in [-0.25, -0.2) is 0 Å². The highest BCUT2D eigenvalue weighted by molar-refractivity contribution is 5.73. The Labute approximate surface area is 125 Å². The third-order valence-electron chi connectivity index (χ3n) is 2.95. The highest BCUT2D eigenvalue weighted by Crippen LogP contribution is 2.29.